The third-order valence-corrected chi connectivity index (χ3v) is 12.2. The Morgan fingerprint density at radius 1 is 0.767 bits per heavy atom. The standard InChI is InChI=1S/C17H30N2O3Si.C15H26N2O2Si/c1-23(2,3)11-10-20-14-19-13-16(12-18-19)15-4-6-17(7-5-15)21-8-9-22-17;1-20(2,3)9-8-19-12-17-11-14(10-16-17)13-4-6-15(18)7-5-13/h12-13,15H,4-11,14H2,1-3H3;10-11,13H,4-9,12H2,1-3H3. The molecule has 0 amide bonds. The van der Waals surface area contributed by atoms with E-state index in [9.17, 15) is 4.79 Å². The van der Waals surface area contributed by atoms with Crippen molar-refractivity contribution in [2.24, 2.45) is 0 Å². The van der Waals surface area contributed by atoms with E-state index < -0.39 is 16.1 Å². The van der Waals surface area contributed by atoms with Crippen molar-refractivity contribution < 1.29 is 23.7 Å². The van der Waals surface area contributed by atoms with Crippen molar-refractivity contribution in [3.05, 3.63) is 35.9 Å². The molecule has 3 aliphatic rings. The number of ketones is 1. The smallest absolute Gasteiger partial charge is 0.168 e. The average molecular weight is 633 g/mol. The normalized spacial score (nSPS) is 20.0. The van der Waals surface area contributed by atoms with E-state index in [1.807, 2.05) is 21.8 Å². The van der Waals surface area contributed by atoms with E-state index in [0.29, 0.717) is 31.1 Å². The highest BCUT2D eigenvalue weighted by molar-refractivity contribution is 6.76. The lowest BCUT2D eigenvalue weighted by atomic mass is 9.82. The van der Waals surface area contributed by atoms with Crippen molar-refractivity contribution in [1.82, 2.24) is 19.6 Å². The molecule has 0 unspecified atom stereocenters. The maximum Gasteiger partial charge on any atom is 0.168 e. The van der Waals surface area contributed by atoms with Gasteiger partial charge in [0.25, 0.3) is 0 Å². The third-order valence-electron chi connectivity index (χ3n) is 8.79. The molecule has 1 spiro atoms. The molecule has 9 nitrogen and oxygen atoms in total. The maximum atomic E-state index is 11.3. The SMILES string of the molecule is C[Si](C)(C)CCOCn1cc(C2CCC(=O)CC2)cn1.C[Si](C)(C)CCOCn1cc(C2CCC3(CC2)OCCO3)cn1. The molecule has 1 aliphatic heterocycles. The van der Waals surface area contributed by atoms with Gasteiger partial charge in [-0.1, -0.05) is 39.3 Å². The van der Waals surface area contributed by atoms with Crippen molar-refractivity contribution in [3.8, 4) is 0 Å². The van der Waals surface area contributed by atoms with Gasteiger partial charge in [-0.05, 0) is 60.7 Å². The van der Waals surface area contributed by atoms with Gasteiger partial charge in [0.2, 0.25) is 0 Å². The molecule has 2 aromatic rings. The second kappa shape index (κ2) is 15.6. The molecule has 2 aliphatic carbocycles. The lowest BCUT2D eigenvalue weighted by Gasteiger charge is -2.35. The lowest BCUT2D eigenvalue weighted by Crippen LogP contribution is -2.34. The molecular weight excluding hydrogens is 577 g/mol. The van der Waals surface area contributed by atoms with Crippen LogP contribution in [0.15, 0.2) is 24.8 Å². The molecule has 242 valence electrons. The Labute approximate surface area is 261 Å². The van der Waals surface area contributed by atoms with Gasteiger partial charge < -0.3 is 18.9 Å². The van der Waals surface area contributed by atoms with Crippen molar-refractivity contribution in [1.29, 1.82) is 0 Å². The average Bonchev–Trinajstić information content (AvgIpc) is 3.72. The zero-order valence-corrected chi connectivity index (χ0v) is 29.6. The molecular formula is C32H56N4O5Si2. The molecule has 1 saturated heterocycles. The summed E-state index contributed by atoms with van der Waals surface area (Å²) in [4.78, 5) is 11.3. The van der Waals surface area contributed by atoms with Gasteiger partial charge in [-0.2, -0.15) is 10.2 Å². The van der Waals surface area contributed by atoms with Crippen LogP contribution in [0.4, 0.5) is 0 Å². The first kappa shape index (κ1) is 34.2. The number of carbonyl (C=O) groups excluding carboxylic acids is 1. The van der Waals surface area contributed by atoms with E-state index in [1.54, 1.807) is 0 Å². The summed E-state index contributed by atoms with van der Waals surface area (Å²) < 4.78 is 26.9. The van der Waals surface area contributed by atoms with Gasteiger partial charge in [-0.3, -0.25) is 4.79 Å². The molecule has 0 N–H and O–H groups in total. The zero-order chi connectivity index (χ0) is 30.9. The first-order chi connectivity index (χ1) is 20.4. The van der Waals surface area contributed by atoms with Gasteiger partial charge >= 0.3 is 0 Å². The molecule has 3 fully saturated rings. The minimum Gasteiger partial charge on any atom is -0.360 e. The fourth-order valence-corrected chi connectivity index (χ4v) is 7.36. The zero-order valence-electron chi connectivity index (χ0n) is 27.6. The Balaban J connectivity index is 0.000000199. The number of aromatic nitrogens is 4. The van der Waals surface area contributed by atoms with Gasteiger partial charge in [0.05, 0.1) is 25.6 Å². The first-order valence-corrected chi connectivity index (χ1v) is 23.8. The van der Waals surface area contributed by atoms with Crippen LogP contribution in [0, 0.1) is 0 Å². The minimum atomic E-state index is -1.01. The number of nitrogens with zero attached hydrogens (tertiary/aromatic N) is 4. The number of hydrogen-bond donors (Lipinski definition) is 0. The van der Waals surface area contributed by atoms with Gasteiger partial charge in [0.1, 0.15) is 19.2 Å². The number of rotatable bonds is 12. The van der Waals surface area contributed by atoms with E-state index in [-0.39, 0.29) is 5.79 Å². The van der Waals surface area contributed by atoms with Gasteiger partial charge in [-0.15, -0.1) is 0 Å². The minimum absolute atomic E-state index is 0.271. The molecule has 0 bridgehead atoms. The molecule has 0 atom stereocenters. The van der Waals surface area contributed by atoms with Crippen LogP contribution in [0.5, 0.6) is 0 Å². The number of hydrogen-bond acceptors (Lipinski definition) is 7. The predicted molar refractivity (Wildman–Crippen MR) is 175 cm³/mol. The molecule has 11 heteroatoms. The Kier molecular flexibility index (Phi) is 12.4. The Morgan fingerprint density at radius 2 is 1.21 bits per heavy atom. The van der Waals surface area contributed by atoms with Crippen LogP contribution in [-0.4, -0.2) is 73.7 Å². The second-order valence-electron chi connectivity index (χ2n) is 15.0. The van der Waals surface area contributed by atoms with E-state index in [0.717, 1.165) is 77.8 Å². The van der Waals surface area contributed by atoms with Crippen LogP contribution >= 0.6 is 0 Å². The predicted octanol–water partition coefficient (Wildman–Crippen LogP) is 7.02. The first-order valence-electron chi connectivity index (χ1n) is 16.4. The van der Waals surface area contributed by atoms with E-state index in [1.165, 1.54) is 23.2 Å². The second-order valence-corrected chi connectivity index (χ2v) is 26.3. The van der Waals surface area contributed by atoms with Crippen LogP contribution in [-0.2, 0) is 37.2 Å². The molecule has 5 rings (SSSR count). The van der Waals surface area contributed by atoms with Crippen LogP contribution < -0.4 is 0 Å². The van der Waals surface area contributed by atoms with Crippen molar-refractivity contribution in [2.45, 2.75) is 134 Å². The molecule has 0 radical (unpaired) electrons. The summed E-state index contributed by atoms with van der Waals surface area (Å²) in [7, 11) is -2.02. The number of ether oxygens (including phenoxy) is 4. The summed E-state index contributed by atoms with van der Waals surface area (Å²) in [5.41, 5.74) is 2.58. The quantitative estimate of drug-likeness (QED) is 0.184. The molecule has 2 saturated carbocycles. The highest BCUT2D eigenvalue weighted by atomic mass is 28.3. The summed E-state index contributed by atoms with van der Waals surface area (Å²) in [5, 5.41) is 8.82. The third kappa shape index (κ3) is 11.7. The van der Waals surface area contributed by atoms with Crippen molar-refractivity contribution in [2.75, 3.05) is 26.4 Å². The summed E-state index contributed by atoms with van der Waals surface area (Å²) in [6.45, 7) is 18.4. The fraction of sp³-hybridized carbons (Fsp3) is 0.781. The monoisotopic (exact) mass is 632 g/mol. The fourth-order valence-electron chi connectivity index (χ4n) is 5.84. The summed E-state index contributed by atoms with van der Waals surface area (Å²) in [6.07, 6.45) is 15.8. The Hall–Kier alpha value is -1.64. The van der Waals surface area contributed by atoms with Gasteiger partial charge in [0.15, 0.2) is 5.79 Å². The maximum absolute atomic E-state index is 11.3. The van der Waals surface area contributed by atoms with Crippen LogP contribution in [0.25, 0.3) is 0 Å². The summed E-state index contributed by atoms with van der Waals surface area (Å²) in [5.74, 6) is 1.21. The summed E-state index contributed by atoms with van der Waals surface area (Å²) >= 11 is 0. The largest absolute Gasteiger partial charge is 0.360 e. The van der Waals surface area contributed by atoms with Crippen LogP contribution in [0.3, 0.4) is 0 Å². The van der Waals surface area contributed by atoms with Gasteiger partial charge in [-0.25, -0.2) is 9.36 Å². The van der Waals surface area contributed by atoms with E-state index in [2.05, 4.69) is 61.9 Å². The Morgan fingerprint density at radius 3 is 1.65 bits per heavy atom. The van der Waals surface area contributed by atoms with Crippen LogP contribution in [0.2, 0.25) is 51.4 Å². The van der Waals surface area contributed by atoms with Crippen LogP contribution in [0.1, 0.15) is 74.3 Å². The highest BCUT2D eigenvalue weighted by Gasteiger charge is 2.40. The van der Waals surface area contributed by atoms with E-state index >= 15 is 0 Å². The molecule has 0 aromatic carbocycles. The molecule has 3 heterocycles. The Bertz CT molecular complexity index is 1110. The lowest BCUT2D eigenvalue weighted by molar-refractivity contribution is -0.178. The topological polar surface area (TPSA) is 89.6 Å². The number of carbonyl (C=O) groups is 1. The van der Waals surface area contributed by atoms with Gasteiger partial charge in [0, 0.05) is 67.4 Å². The summed E-state index contributed by atoms with van der Waals surface area (Å²) in [6, 6.07) is 2.39. The molecule has 2 aromatic heterocycles. The highest BCUT2D eigenvalue weighted by Crippen LogP contribution is 2.42. The van der Waals surface area contributed by atoms with Crippen molar-refractivity contribution >= 4 is 21.9 Å². The van der Waals surface area contributed by atoms with E-state index in [4.69, 9.17) is 18.9 Å². The van der Waals surface area contributed by atoms with Crippen molar-refractivity contribution in [3.63, 3.8) is 0 Å². The number of Topliss-reactive ketones (excluding diaryl/α,β-unsaturated/α-hetero) is 1. The molecule has 43 heavy (non-hydrogen) atoms.